The Kier molecular flexibility index (Phi) is 7.80. The Bertz CT molecular complexity index is 1630. The van der Waals surface area contributed by atoms with Crippen molar-refractivity contribution in [3.8, 4) is 28.3 Å². The van der Waals surface area contributed by atoms with E-state index in [9.17, 15) is 4.39 Å². The zero-order valence-electron chi connectivity index (χ0n) is 22.2. The predicted octanol–water partition coefficient (Wildman–Crippen LogP) is 2.69. The number of fused-ring (bicyclic) bond motifs is 7. The molecular weight excluding hydrogens is 565 g/mol. The van der Waals surface area contributed by atoms with Gasteiger partial charge in [0.2, 0.25) is 0 Å². The molecule has 1 aromatic carbocycles. The lowest BCUT2D eigenvalue weighted by Gasteiger charge is -2.31. The van der Waals surface area contributed by atoms with Crippen molar-refractivity contribution >= 4 is 57.4 Å². The minimum atomic E-state index is -2.62. The summed E-state index contributed by atoms with van der Waals surface area (Å²) < 4.78 is 28.6. The Hall–Kier alpha value is -2.82. The molecule has 1 aliphatic heterocycles. The third-order valence-corrected chi connectivity index (χ3v) is 7.17. The first-order chi connectivity index (χ1) is 19.2. The number of rotatable bonds is 5. The maximum atomic E-state index is 14.6. The summed E-state index contributed by atoms with van der Waals surface area (Å²) in [6.45, 7) is 2.94. The fourth-order valence-electron chi connectivity index (χ4n) is 4.79. The molecule has 0 fully saturated rings. The van der Waals surface area contributed by atoms with E-state index >= 15 is 0 Å². The second-order valence-electron chi connectivity index (χ2n) is 9.85. The molecule has 1 atom stereocenters. The third kappa shape index (κ3) is 5.53. The summed E-state index contributed by atoms with van der Waals surface area (Å²) in [5.74, 6) is -0.133. The van der Waals surface area contributed by atoms with Gasteiger partial charge in [0.1, 0.15) is 18.7 Å². The first-order valence-electron chi connectivity index (χ1n) is 12.2. The van der Waals surface area contributed by atoms with Gasteiger partial charge in [0, 0.05) is 41.7 Å². The summed E-state index contributed by atoms with van der Waals surface area (Å²) >= 11 is 6.70. The first-order valence-corrected chi connectivity index (χ1v) is 13.7. The number of ether oxygens (including phenoxy) is 1. The van der Waals surface area contributed by atoms with Crippen molar-refractivity contribution in [1.82, 2.24) is 24.5 Å². The molecule has 2 bridgehead atoms. The first kappa shape index (κ1) is 29.7. The number of nitrogens with one attached hydrogen (secondary N) is 1. The van der Waals surface area contributed by atoms with Crippen LogP contribution < -0.4 is 10.1 Å². The number of aromatic nitrogens is 5. The minimum Gasteiger partial charge on any atom is -0.482 e. The van der Waals surface area contributed by atoms with Crippen LogP contribution in [0.4, 0.5) is 10.2 Å². The molecule has 0 unspecified atom stereocenters. The lowest BCUT2D eigenvalue weighted by atomic mass is 9.47. The molecule has 202 valence electrons. The number of hydrogen-bond acceptors (Lipinski definition) is 8. The van der Waals surface area contributed by atoms with Crippen LogP contribution in [0, 0.1) is 5.82 Å². The van der Waals surface area contributed by atoms with Crippen LogP contribution in [0.15, 0.2) is 36.7 Å². The molecule has 41 heavy (non-hydrogen) atoms. The van der Waals surface area contributed by atoms with Crippen molar-refractivity contribution in [3.05, 3.63) is 64.3 Å². The third-order valence-electron chi connectivity index (χ3n) is 6.54. The number of halogens is 2. The van der Waals surface area contributed by atoms with Gasteiger partial charge in [0.15, 0.2) is 16.7 Å². The van der Waals surface area contributed by atoms with Gasteiger partial charge < -0.3 is 19.8 Å². The van der Waals surface area contributed by atoms with Crippen molar-refractivity contribution < 1.29 is 23.4 Å². The highest BCUT2D eigenvalue weighted by Gasteiger charge is 2.38. The lowest BCUT2D eigenvalue weighted by Crippen LogP contribution is -2.34. The molecule has 3 aromatic heterocycles. The topological polar surface area (TPSA) is 119 Å². The van der Waals surface area contributed by atoms with Crippen LogP contribution in [-0.2, 0) is 22.1 Å². The monoisotopic (exact) mass is 586 g/mol. The van der Waals surface area contributed by atoms with E-state index in [1.807, 2.05) is 0 Å². The van der Waals surface area contributed by atoms with Crippen LogP contribution in [0.2, 0.25) is 5.15 Å². The molecule has 0 aliphatic carbocycles. The van der Waals surface area contributed by atoms with Gasteiger partial charge in [-0.3, -0.25) is 13.9 Å². The zero-order chi connectivity index (χ0) is 29.9. The Morgan fingerprint density at radius 3 is 2.68 bits per heavy atom. The Morgan fingerprint density at radius 1 is 1.27 bits per heavy atom. The fraction of sp³-hybridized carbons (Fsp3) is 0.292. The normalized spacial score (nSPS) is 16.1. The van der Waals surface area contributed by atoms with Crippen LogP contribution in [0.3, 0.4) is 0 Å². The molecule has 0 spiro atoms. The van der Waals surface area contributed by atoms with Crippen molar-refractivity contribution in [2.24, 2.45) is 7.05 Å². The minimum absolute atomic E-state index is 0.0657. The summed E-state index contributed by atoms with van der Waals surface area (Å²) in [5, 5.41) is 8.41. The standard InChI is InChI=1S/C24H21B4ClFN6O4P/c1-11-15-7-13(30)4-5-14(15)19-16(9-35(3)33-19)24(27,28)18-20(36(23(2,25)26)34-21(18)29)12-6-17(40-11)22(31-8-12)32-10-39-41(37)38/h4-9,11,37-38H,10H2,1-3H3,(H,31,32)/t11-/m1/s1. The Balaban J connectivity index is 1.85. The molecule has 1 aliphatic rings. The molecule has 0 saturated carbocycles. The molecule has 10 nitrogen and oxygen atoms in total. The molecule has 17 heteroatoms. The quantitative estimate of drug-likeness (QED) is 0.186. The van der Waals surface area contributed by atoms with Crippen molar-refractivity contribution in [2.75, 3.05) is 12.0 Å². The average molecular weight is 586 g/mol. The molecule has 4 aromatic rings. The van der Waals surface area contributed by atoms with E-state index in [4.69, 9.17) is 62.0 Å². The number of pyridine rings is 1. The number of nitrogens with zero attached hydrogens (tertiary/aromatic N) is 5. The molecule has 0 saturated heterocycles. The van der Waals surface area contributed by atoms with E-state index in [-0.39, 0.29) is 34.7 Å². The van der Waals surface area contributed by atoms with Crippen LogP contribution >= 0.6 is 20.2 Å². The number of hydrogen-bond donors (Lipinski definition) is 3. The Labute approximate surface area is 247 Å². The SMILES string of the molecule is [B]C1([B])c2cn(C)nc2-c2ccc(F)cc2[C@@H](C)Oc2cc(cnc2NCOP(O)O)-c2c1c(Cl)nn2C([B])([B])C. The number of anilines is 1. The van der Waals surface area contributed by atoms with Gasteiger partial charge in [-0.05, 0) is 47.3 Å². The summed E-state index contributed by atoms with van der Waals surface area (Å²) in [5.41, 5.74) is 2.52. The highest BCUT2D eigenvalue weighted by Crippen LogP contribution is 2.46. The summed E-state index contributed by atoms with van der Waals surface area (Å²) in [7, 11) is 25.5. The van der Waals surface area contributed by atoms with Crippen LogP contribution in [0.5, 0.6) is 5.75 Å². The summed E-state index contributed by atoms with van der Waals surface area (Å²) in [4.78, 5) is 22.7. The van der Waals surface area contributed by atoms with Crippen LogP contribution in [-0.4, -0.2) is 72.4 Å². The largest absolute Gasteiger partial charge is 0.482 e. The van der Waals surface area contributed by atoms with E-state index in [1.165, 1.54) is 34.6 Å². The van der Waals surface area contributed by atoms with E-state index in [2.05, 4.69) is 20.5 Å². The highest BCUT2D eigenvalue weighted by molar-refractivity contribution is 7.39. The van der Waals surface area contributed by atoms with Gasteiger partial charge in [0.05, 0.1) is 42.8 Å². The average Bonchev–Trinajstić information content (AvgIpc) is 3.45. The fourth-order valence-corrected chi connectivity index (χ4v) is 5.29. The van der Waals surface area contributed by atoms with Crippen LogP contribution in [0.25, 0.3) is 22.5 Å². The molecular formula is C24H21B4ClFN6O4P. The molecule has 3 N–H and O–H groups in total. The van der Waals surface area contributed by atoms with Gasteiger partial charge in [-0.2, -0.15) is 10.2 Å². The van der Waals surface area contributed by atoms with E-state index in [0.717, 1.165) is 0 Å². The van der Waals surface area contributed by atoms with Gasteiger partial charge in [-0.1, -0.05) is 18.5 Å². The van der Waals surface area contributed by atoms with Gasteiger partial charge in [-0.15, -0.1) is 0 Å². The second kappa shape index (κ2) is 10.8. The summed E-state index contributed by atoms with van der Waals surface area (Å²) in [6, 6.07) is 5.80. The second-order valence-corrected chi connectivity index (χ2v) is 11.0. The highest BCUT2D eigenvalue weighted by atomic mass is 35.5. The number of aryl methyl sites for hydroxylation is 1. The molecule has 0 amide bonds. The van der Waals surface area contributed by atoms with Crippen molar-refractivity contribution in [2.45, 2.75) is 30.5 Å². The van der Waals surface area contributed by atoms with E-state index < -0.39 is 31.1 Å². The van der Waals surface area contributed by atoms with Gasteiger partial charge in [-0.25, -0.2) is 9.37 Å². The van der Waals surface area contributed by atoms with Crippen LogP contribution in [0.1, 0.15) is 36.6 Å². The van der Waals surface area contributed by atoms with E-state index in [1.54, 1.807) is 32.3 Å². The van der Waals surface area contributed by atoms with Crippen molar-refractivity contribution in [3.63, 3.8) is 0 Å². The smallest absolute Gasteiger partial charge is 0.328 e. The molecule has 4 heterocycles. The molecule has 5 rings (SSSR count). The maximum Gasteiger partial charge on any atom is 0.328 e. The maximum absolute atomic E-state index is 14.6. The lowest BCUT2D eigenvalue weighted by molar-refractivity contribution is 0.226. The van der Waals surface area contributed by atoms with Crippen molar-refractivity contribution in [1.29, 1.82) is 0 Å². The summed E-state index contributed by atoms with van der Waals surface area (Å²) in [6.07, 6.45) is 2.35. The number of benzene rings is 1. The predicted molar refractivity (Wildman–Crippen MR) is 156 cm³/mol. The van der Waals surface area contributed by atoms with E-state index in [0.29, 0.717) is 27.9 Å². The molecule has 8 radical (unpaired) electrons. The zero-order valence-corrected chi connectivity index (χ0v) is 23.9. The van der Waals surface area contributed by atoms with Gasteiger partial charge >= 0.3 is 8.60 Å². The Morgan fingerprint density at radius 2 is 2.00 bits per heavy atom. The van der Waals surface area contributed by atoms with Gasteiger partial charge in [0.25, 0.3) is 0 Å².